The molecular weight excluding hydrogens is 585 g/mol. The highest BCUT2D eigenvalue weighted by Gasteiger charge is 2.34. The molecule has 0 heterocycles. The van der Waals surface area contributed by atoms with Gasteiger partial charge in [0.1, 0.15) is 18.3 Å². The Morgan fingerprint density at radius 3 is 2.15 bits per heavy atom. The third-order valence-corrected chi connectivity index (χ3v) is 8.95. The van der Waals surface area contributed by atoms with Crippen LogP contribution in [0.15, 0.2) is 77.7 Å². The number of nitrogens with zero attached hydrogens (tertiary/aromatic N) is 2. The average molecular weight is 621 g/mol. The Kier molecular flexibility index (Phi) is 11.5. The number of nitrogens with one attached hydrogen (secondary N) is 1. The van der Waals surface area contributed by atoms with Gasteiger partial charge < -0.3 is 15.0 Å². The van der Waals surface area contributed by atoms with Crippen molar-refractivity contribution in [2.45, 2.75) is 57.1 Å². The summed E-state index contributed by atoms with van der Waals surface area (Å²) in [5.74, 6) is -0.211. The first-order chi connectivity index (χ1) is 19.5. The molecule has 3 rings (SSSR count). The number of hydrogen-bond acceptors (Lipinski definition) is 5. The number of amides is 2. The highest BCUT2D eigenvalue weighted by Crippen LogP contribution is 2.28. The Balaban J connectivity index is 2.05. The lowest BCUT2D eigenvalue weighted by molar-refractivity contribution is -0.140. The van der Waals surface area contributed by atoms with Crippen LogP contribution in [0.4, 0.5) is 5.69 Å². The minimum absolute atomic E-state index is 0.0436. The molecule has 0 bridgehead atoms. The van der Waals surface area contributed by atoms with Gasteiger partial charge in [-0.1, -0.05) is 55.2 Å². The summed E-state index contributed by atoms with van der Waals surface area (Å²) in [7, 11) is -2.66. The maximum absolute atomic E-state index is 14.1. The number of anilines is 1. The normalized spacial score (nSPS) is 12.7. The Morgan fingerprint density at radius 2 is 1.59 bits per heavy atom. The Morgan fingerprint density at radius 1 is 0.927 bits per heavy atom. The largest absolute Gasteiger partial charge is 0.497 e. The van der Waals surface area contributed by atoms with Crippen molar-refractivity contribution in [1.82, 2.24) is 10.2 Å². The van der Waals surface area contributed by atoms with Crippen molar-refractivity contribution in [3.63, 3.8) is 0 Å². The van der Waals surface area contributed by atoms with E-state index in [1.807, 2.05) is 20.8 Å². The quantitative estimate of drug-likeness (QED) is 0.256. The van der Waals surface area contributed by atoms with E-state index in [4.69, 9.17) is 27.9 Å². The van der Waals surface area contributed by atoms with Gasteiger partial charge in [-0.15, -0.1) is 0 Å². The van der Waals surface area contributed by atoms with E-state index in [2.05, 4.69) is 5.32 Å². The van der Waals surface area contributed by atoms with Gasteiger partial charge in [0.2, 0.25) is 11.8 Å². The van der Waals surface area contributed by atoms with Crippen molar-refractivity contribution in [2.75, 3.05) is 18.0 Å². The lowest BCUT2D eigenvalue weighted by Crippen LogP contribution is -2.53. The van der Waals surface area contributed by atoms with E-state index in [9.17, 15) is 18.0 Å². The standard InChI is InChI=1S/C30H35Cl2N3O5S/c1-5-21(3)33-30(37)28(6-2)34(19-22-10-14-26(40-4)15-11-22)29(36)20-35(25-9-7-8-24(32)18-25)41(38,39)27-16-12-23(31)13-17-27/h7-18,21,28H,5-6,19-20H2,1-4H3,(H,33,37)/t21-,28-/m0/s1. The number of carbonyl (C=O) groups excluding carboxylic acids is 2. The number of methoxy groups -OCH3 is 1. The SMILES string of the molecule is CC[C@H](C)NC(=O)[C@H](CC)N(Cc1ccc(OC)cc1)C(=O)CN(c1cccc(Cl)c1)S(=O)(=O)c1ccc(Cl)cc1. The Bertz CT molecular complexity index is 1430. The van der Waals surface area contributed by atoms with Crippen LogP contribution >= 0.6 is 23.2 Å². The third kappa shape index (κ3) is 8.38. The molecule has 0 saturated carbocycles. The van der Waals surface area contributed by atoms with E-state index in [0.29, 0.717) is 22.2 Å². The fourth-order valence-corrected chi connectivity index (χ4v) is 5.90. The van der Waals surface area contributed by atoms with Gasteiger partial charge in [-0.05, 0) is 79.9 Å². The van der Waals surface area contributed by atoms with Crippen LogP contribution in [0.3, 0.4) is 0 Å². The molecule has 0 unspecified atom stereocenters. The maximum Gasteiger partial charge on any atom is 0.264 e. The van der Waals surface area contributed by atoms with Crippen LogP contribution in [0.25, 0.3) is 0 Å². The van der Waals surface area contributed by atoms with E-state index < -0.39 is 28.5 Å². The Hall–Kier alpha value is -3.27. The number of sulfonamides is 1. The monoisotopic (exact) mass is 619 g/mol. The predicted molar refractivity (Wildman–Crippen MR) is 163 cm³/mol. The minimum Gasteiger partial charge on any atom is -0.497 e. The molecule has 0 aliphatic rings. The zero-order valence-electron chi connectivity index (χ0n) is 23.5. The van der Waals surface area contributed by atoms with E-state index in [1.165, 1.54) is 35.2 Å². The van der Waals surface area contributed by atoms with Crippen molar-refractivity contribution in [3.8, 4) is 5.75 Å². The molecule has 0 aliphatic heterocycles. The van der Waals surface area contributed by atoms with Gasteiger partial charge >= 0.3 is 0 Å². The number of ether oxygens (including phenoxy) is 1. The number of hydrogen-bond donors (Lipinski definition) is 1. The molecule has 1 N–H and O–H groups in total. The van der Waals surface area contributed by atoms with Crippen molar-refractivity contribution in [2.24, 2.45) is 0 Å². The van der Waals surface area contributed by atoms with E-state index in [-0.39, 0.29) is 29.1 Å². The molecular formula is C30H35Cl2N3O5S. The van der Waals surface area contributed by atoms with Gasteiger partial charge in [0.25, 0.3) is 10.0 Å². The molecule has 0 spiro atoms. The van der Waals surface area contributed by atoms with Crippen LogP contribution in [0.1, 0.15) is 39.2 Å². The van der Waals surface area contributed by atoms with Gasteiger partial charge in [0.15, 0.2) is 0 Å². The average Bonchev–Trinajstić information content (AvgIpc) is 2.96. The second kappa shape index (κ2) is 14.6. The van der Waals surface area contributed by atoms with Crippen molar-refractivity contribution >= 4 is 50.7 Å². The number of carbonyl (C=O) groups is 2. The molecule has 2 atom stereocenters. The second-order valence-electron chi connectivity index (χ2n) is 9.56. The zero-order chi connectivity index (χ0) is 30.2. The van der Waals surface area contributed by atoms with E-state index in [1.54, 1.807) is 49.6 Å². The van der Waals surface area contributed by atoms with Crippen LogP contribution in [0.5, 0.6) is 5.75 Å². The van der Waals surface area contributed by atoms with Crippen molar-refractivity contribution in [3.05, 3.63) is 88.4 Å². The summed E-state index contributed by atoms with van der Waals surface area (Å²) in [6.45, 7) is 5.18. The summed E-state index contributed by atoms with van der Waals surface area (Å²) < 4.78 is 34.0. The first-order valence-corrected chi connectivity index (χ1v) is 15.5. The van der Waals surface area contributed by atoms with Gasteiger partial charge in [0, 0.05) is 22.6 Å². The van der Waals surface area contributed by atoms with Crippen LogP contribution in [-0.2, 0) is 26.2 Å². The summed E-state index contributed by atoms with van der Waals surface area (Å²) in [4.78, 5) is 28.8. The fourth-order valence-electron chi connectivity index (χ4n) is 4.18. The highest BCUT2D eigenvalue weighted by molar-refractivity contribution is 7.92. The molecule has 41 heavy (non-hydrogen) atoms. The first kappa shape index (κ1) is 32.2. The number of halogens is 2. The zero-order valence-corrected chi connectivity index (χ0v) is 25.8. The fraction of sp³-hybridized carbons (Fsp3) is 0.333. The number of rotatable bonds is 13. The van der Waals surface area contributed by atoms with Gasteiger partial charge in [-0.25, -0.2) is 8.42 Å². The van der Waals surface area contributed by atoms with Gasteiger partial charge in [0.05, 0.1) is 17.7 Å². The molecule has 0 fully saturated rings. The molecule has 0 saturated heterocycles. The first-order valence-electron chi connectivity index (χ1n) is 13.3. The molecule has 2 amide bonds. The van der Waals surface area contributed by atoms with Crippen molar-refractivity contribution in [1.29, 1.82) is 0 Å². The maximum atomic E-state index is 14.1. The second-order valence-corrected chi connectivity index (χ2v) is 12.3. The predicted octanol–water partition coefficient (Wildman–Crippen LogP) is 5.92. The van der Waals surface area contributed by atoms with Crippen LogP contribution in [0, 0.1) is 0 Å². The molecule has 220 valence electrons. The molecule has 8 nitrogen and oxygen atoms in total. The Labute approximate surface area is 252 Å². The van der Waals surface area contributed by atoms with E-state index in [0.717, 1.165) is 16.3 Å². The topological polar surface area (TPSA) is 96.0 Å². The van der Waals surface area contributed by atoms with Crippen molar-refractivity contribution < 1.29 is 22.7 Å². The van der Waals surface area contributed by atoms with Crippen LogP contribution in [-0.4, -0.2) is 50.9 Å². The lowest BCUT2D eigenvalue weighted by Gasteiger charge is -2.33. The summed E-state index contributed by atoms with van der Waals surface area (Å²) in [6, 6.07) is 18.2. The number of benzene rings is 3. The molecule has 3 aromatic carbocycles. The molecule has 11 heteroatoms. The highest BCUT2D eigenvalue weighted by atomic mass is 35.5. The van der Waals surface area contributed by atoms with Crippen LogP contribution < -0.4 is 14.4 Å². The van der Waals surface area contributed by atoms with Gasteiger partial charge in [-0.3, -0.25) is 13.9 Å². The molecule has 0 radical (unpaired) electrons. The molecule has 3 aromatic rings. The summed E-state index contributed by atoms with van der Waals surface area (Å²) in [5.41, 5.74) is 0.964. The summed E-state index contributed by atoms with van der Waals surface area (Å²) in [5, 5.41) is 3.64. The minimum atomic E-state index is -4.22. The molecule has 0 aliphatic carbocycles. The lowest BCUT2D eigenvalue weighted by atomic mass is 10.1. The molecule has 0 aromatic heterocycles. The van der Waals surface area contributed by atoms with Crippen LogP contribution in [0.2, 0.25) is 10.0 Å². The summed E-state index contributed by atoms with van der Waals surface area (Å²) >= 11 is 12.2. The smallest absolute Gasteiger partial charge is 0.264 e. The summed E-state index contributed by atoms with van der Waals surface area (Å²) in [6.07, 6.45) is 1.04. The van der Waals surface area contributed by atoms with Gasteiger partial charge in [-0.2, -0.15) is 0 Å². The van der Waals surface area contributed by atoms with E-state index >= 15 is 0 Å². The third-order valence-electron chi connectivity index (χ3n) is 6.68.